The van der Waals surface area contributed by atoms with Crippen LogP contribution in [0.2, 0.25) is 0 Å². The number of aromatic nitrogens is 1. The fourth-order valence-corrected chi connectivity index (χ4v) is 3.27. The van der Waals surface area contributed by atoms with E-state index >= 15 is 0 Å². The molecule has 0 amide bonds. The summed E-state index contributed by atoms with van der Waals surface area (Å²) in [5.74, 6) is 0.877. The maximum atomic E-state index is 13.4. The van der Waals surface area contributed by atoms with E-state index < -0.39 is 6.17 Å². The van der Waals surface area contributed by atoms with Crippen LogP contribution < -0.4 is 0 Å². The maximum absolute atomic E-state index is 13.4. The molecule has 116 valence electrons. The zero-order valence-corrected chi connectivity index (χ0v) is 13.0. The van der Waals surface area contributed by atoms with Crippen molar-refractivity contribution in [3.05, 3.63) is 29.1 Å². The van der Waals surface area contributed by atoms with E-state index in [4.69, 9.17) is 9.72 Å². The molecule has 2 unspecified atom stereocenters. The first-order chi connectivity index (χ1) is 10.1. The maximum Gasteiger partial charge on any atom is 0.114 e. The Morgan fingerprint density at radius 2 is 2.24 bits per heavy atom. The molecule has 0 bridgehead atoms. The van der Waals surface area contributed by atoms with Crippen LogP contribution >= 0.6 is 0 Å². The first kappa shape index (κ1) is 14.9. The van der Waals surface area contributed by atoms with Gasteiger partial charge in [0.25, 0.3) is 0 Å². The van der Waals surface area contributed by atoms with Gasteiger partial charge in [0.1, 0.15) is 6.17 Å². The molecule has 21 heavy (non-hydrogen) atoms. The van der Waals surface area contributed by atoms with Crippen LogP contribution in [0.3, 0.4) is 0 Å². The minimum absolute atomic E-state index is 0.421. The van der Waals surface area contributed by atoms with Crippen molar-refractivity contribution in [3.63, 3.8) is 0 Å². The van der Waals surface area contributed by atoms with Crippen molar-refractivity contribution < 1.29 is 9.13 Å². The lowest BCUT2D eigenvalue weighted by Crippen LogP contribution is -2.23. The van der Waals surface area contributed by atoms with E-state index in [9.17, 15) is 4.39 Å². The predicted molar refractivity (Wildman–Crippen MR) is 81.3 cm³/mol. The van der Waals surface area contributed by atoms with E-state index in [0.717, 1.165) is 44.1 Å². The Morgan fingerprint density at radius 1 is 1.38 bits per heavy atom. The van der Waals surface area contributed by atoms with Gasteiger partial charge in [-0.15, -0.1) is 0 Å². The Balaban J connectivity index is 1.84. The standard InChI is InChI=1S/C17H25FN2O/c1-12(2)16-4-3-15(13-6-8-21-11-13)17(19-16)10-20-7-5-14(18)9-20/h3-4,12-14H,5-11H2,1-2H3. The van der Waals surface area contributed by atoms with E-state index in [1.807, 2.05) is 0 Å². The predicted octanol–water partition coefficient (Wildman–Crippen LogP) is 3.25. The Hall–Kier alpha value is -1.00. The molecule has 0 spiro atoms. The van der Waals surface area contributed by atoms with Crippen LogP contribution in [-0.2, 0) is 11.3 Å². The lowest BCUT2D eigenvalue weighted by molar-refractivity contribution is 0.193. The highest BCUT2D eigenvalue weighted by atomic mass is 19.1. The largest absolute Gasteiger partial charge is 0.381 e. The molecular formula is C17H25FN2O. The normalized spacial score (nSPS) is 26.9. The highest BCUT2D eigenvalue weighted by molar-refractivity contribution is 5.29. The Morgan fingerprint density at radius 3 is 2.86 bits per heavy atom. The van der Waals surface area contributed by atoms with Crippen LogP contribution in [0.4, 0.5) is 4.39 Å². The van der Waals surface area contributed by atoms with Crippen molar-refractivity contribution in [1.29, 1.82) is 0 Å². The summed E-state index contributed by atoms with van der Waals surface area (Å²) >= 11 is 0. The van der Waals surface area contributed by atoms with E-state index in [2.05, 4.69) is 30.9 Å². The molecule has 2 aliphatic rings. The van der Waals surface area contributed by atoms with Gasteiger partial charge < -0.3 is 4.74 Å². The second-order valence-corrected chi connectivity index (χ2v) is 6.61. The first-order valence-corrected chi connectivity index (χ1v) is 8.07. The fraction of sp³-hybridized carbons (Fsp3) is 0.706. The van der Waals surface area contributed by atoms with E-state index in [1.165, 1.54) is 5.56 Å². The van der Waals surface area contributed by atoms with Gasteiger partial charge in [-0.05, 0) is 30.4 Å². The van der Waals surface area contributed by atoms with Gasteiger partial charge in [0, 0.05) is 37.9 Å². The lowest BCUT2D eigenvalue weighted by atomic mass is 9.95. The number of hydrogen-bond acceptors (Lipinski definition) is 3. The van der Waals surface area contributed by atoms with Crippen molar-refractivity contribution in [1.82, 2.24) is 9.88 Å². The monoisotopic (exact) mass is 292 g/mol. The molecule has 0 aromatic carbocycles. The number of pyridine rings is 1. The molecule has 2 fully saturated rings. The third-order valence-corrected chi connectivity index (χ3v) is 4.58. The second kappa shape index (κ2) is 6.41. The molecule has 2 atom stereocenters. The Kier molecular flexibility index (Phi) is 4.55. The Bertz CT molecular complexity index is 486. The van der Waals surface area contributed by atoms with Gasteiger partial charge in [0.15, 0.2) is 0 Å². The SMILES string of the molecule is CC(C)c1ccc(C2CCOC2)c(CN2CCC(F)C2)n1. The third kappa shape index (κ3) is 3.43. The van der Waals surface area contributed by atoms with E-state index in [0.29, 0.717) is 24.8 Å². The molecule has 0 saturated carbocycles. The van der Waals surface area contributed by atoms with Gasteiger partial charge in [-0.1, -0.05) is 19.9 Å². The van der Waals surface area contributed by atoms with Gasteiger partial charge in [-0.2, -0.15) is 0 Å². The summed E-state index contributed by atoms with van der Waals surface area (Å²) in [5.41, 5.74) is 3.56. The molecule has 0 N–H and O–H groups in total. The summed E-state index contributed by atoms with van der Waals surface area (Å²) in [6.45, 7) is 8.12. The number of hydrogen-bond donors (Lipinski definition) is 0. The van der Waals surface area contributed by atoms with Crippen LogP contribution in [0.15, 0.2) is 12.1 Å². The zero-order chi connectivity index (χ0) is 14.8. The van der Waals surface area contributed by atoms with Crippen LogP contribution in [0.1, 0.15) is 55.5 Å². The summed E-state index contributed by atoms with van der Waals surface area (Å²) in [7, 11) is 0. The number of nitrogens with zero attached hydrogens (tertiary/aromatic N) is 2. The molecule has 0 aliphatic carbocycles. The van der Waals surface area contributed by atoms with Crippen LogP contribution in [0.25, 0.3) is 0 Å². The van der Waals surface area contributed by atoms with Crippen molar-refractivity contribution >= 4 is 0 Å². The van der Waals surface area contributed by atoms with Gasteiger partial charge in [0.05, 0.1) is 12.3 Å². The molecule has 3 heterocycles. The highest BCUT2D eigenvalue weighted by Crippen LogP contribution is 2.30. The number of rotatable bonds is 4. The van der Waals surface area contributed by atoms with E-state index in [1.54, 1.807) is 0 Å². The lowest BCUT2D eigenvalue weighted by Gasteiger charge is -2.20. The second-order valence-electron chi connectivity index (χ2n) is 6.61. The molecule has 3 nitrogen and oxygen atoms in total. The summed E-state index contributed by atoms with van der Waals surface area (Å²) < 4.78 is 18.9. The molecule has 0 radical (unpaired) electrons. The molecule has 4 heteroatoms. The van der Waals surface area contributed by atoms with Gasteiger partial charge in [0.2, 0.25) is 0 Å². The van der Waals surface area contributed by atoms with Crippen LogP contribution in [0.5, 0.6) is 0 Å². The summed E-state index contributed by atoms with van der Waals surface area (Å²) in [5, 5.41) is 0. The summed E-state index contributed by atoms with van der Waals surface area (Å²) in [6, 6.07) is 4.36. The molecular weight excluding hydrogens is 267 g/mol. The average molecular weight is 292 g/mol. The average Bonchev–Trinajstić information content (AvgIpc) is 3.10. The van der Waals surface area contributed by atoms with Crippen LogP contribution in [0, 0.1) is 0 Å². The molecule has 1 aromatic heterocycles. The molecule has 2 aliphatic heterocycles. The van der Waals surface area contributed by atoms with Gasteiger partial charge in [-0.25, -0.2) is 4.39 Å². The highest BCUT2D eigenvalue weighted by Gasteiger charge is 2.26. The number of ether oxygens (including phenoxy) is 1. The topological polar surface area (TPSA) is 25.4 Å². The van der Waals surface area contributed by atoms with Crippen molar-refractivity contribution in [2.45, 2.75) is 51.2 Å². The van der Waals surface area contributed by atoms with Crippen molar-refractivity contribution in [2.24, 2.45) is 0 Å². The molecule has 2 saturated heterocycles. The fourth-order valence-electron chi connectivity index (χ4n) is 3.27. The smallest absolute Gasteiger partial charge is 0.114 e. The van der Waals surface area contributed by atoms with Gasteiger partial charge in [-0.3, -0.25) is 9.88 Å². The van der Waals surface area contributed by atoms with E-state index in [-0.39, 0.29) is 0 Å². The molecule has 3 rings (SSSR count). The zero-order valence-electron chi connectivity index (χ0n) is 13.0. The number of likely N-dealkylation sites (tertiary alicyclic amines) is 1. The third-order valence-electron chi connectivity index (χ3n) is 4.58. The first-order valence-electron chi connectivity index (χ1n) is 8.07. The minimum Gasteiger partial charge on any atom is -0.381 e. The summed E-state index contributed by atoms with van der Waals surface area (Å²) in [4.78, 5) is 7.08. The van der Waals surface area contributed by atoms with Crippen molar-refractivity contribution in [2.75, 3.05) is 26.3 Å². The molecule has 1 aromatic rings. The summed E-state index contributed by atoms with van der Waals surface area (Å²) in [6.07, 6.45) is 1.06. The van der Waals surface area contributed by atoms with Crippen LogP contribution in [-0.4, -0.2) is 42.4 Å². The number of alkyl halides is 1. The Labute approximate surface area is 126 Å². The minimum atomic E-state index is -0.670. The van der Waals surface area contributed by atoms with Crippen molar-refractivity contribution in [3.8, 4) is 0 Å². The quantitative estimate of drug-likeness (QED) is 0.852. The number of halogens is 1. The van der Waals surface area contributed by atoms with Gasteiger partial charge >= 0.3 is 0 Å².